The topological polar surface area (TPSA) is 96.5 Å². The maximum Gasteiger partial charge on any atom is 0.185 e. The number of nitrogens with two attached hydrogens (primary N) is 1. The van der Waals surface area contributed by atoms with E-state index in [0.29, 0.717) is 30.9 Å². The largest absolute Gasteiger partial charge is 0.388 e. The summed E-state index contributed by atoms with van der Waals surface area (Å²) >= 11 is 1.09. The molecule has 0 spiro atoms. The van der Waals surface area contributed by atoms with Crippen molar-refractivity contribution in [3.05, 3.63) is 0 Å². The summed E-state index contributed by atoms with van der Waals surface area (Å²) in [7, 11) is -3.40. The van der Waals surface area contributed by atoms with Gasteiger partial charge in [-0.3, -0.25) is 0 Å². The van der Waals surface area contributed by atoms with Crippen LogP contribution in [0.1, 0.15) is 26.7 Å². The van der Waals surface area contributed by atoms with Gasteiger partial charge < -0.3 is 15.7 Å². The molecule has 0 radical (unpaired) electrons. The number of rotatable bonds is 4. The van der Waals surface area contributed by atoms with Gasteiger partial charge in [-0.1, -0.05) is 6.92 Å². The monoisotopic (exact) mass is 305 g/mol. The highest BCUT2D eigenvalue weighted by atomic mass is 32.2. The lowest BCUT2D eigenvalue weighted by Crippen LogP contribution is -2.29. The summed E-state index contributed by atoms with van der Waals surface area (Å²) in [6.07, 6.45) is 1.15. The van der Waals surface area contributed by atoms with Crippen LogP contribution in [0.4, 0.5) is 10.8 Å². The minimum atomic E-state index is -3.40. The Balaban J connectivity index is 2.39. The number of β-amino-alcohol motifs (C(OH)–C–C–N with tert-alkyl or cyclic N) is 1. The van der Waals surface area contributed by atoms with Gasteiger partial charge in [0.2, 0.25) is 0 Å². The van der Waals surface area contributed by atoms with Crippen LogP contribution < -0.4 is 10.6 Å². The van der Waals surface area contributed by atoms with Crippen molar-refractivity contribution in [2.24, 2.45) is 0 Å². The van der Waals surface area contributed by atoms with Gasteiger partial charge in [0.25, 0.3) is 0 Å². The number of sulfone groups is 1. The van der Waals surface area contributed by atoms with E-state index in [4.69, 9.17) is 5.73 Å². The SMILES string of the molecule is CCCS(=O)(=O)c1c(N)nsc1N1CCC(C)(O)C1. The standard InChI is InChI=1S/C11H19N3O3S2/c1-3-6-19(16,17)8-9(12)13-18-10(8)14-5-4-11(2,15)7-14/h15H,3-7H2,1-2H3,(H2,12,13). The first kappa shape index (κ1) is 14.5. The van der Waals surface area contributed by atoms with Gasteiger partial charge in [-0.05, 0) is 31.3 Å². The highest BCUT2D eigenvalue weighted by molar-refractivity contribution is 7.91. The second kappa shape index (κ2) is 4.92. The van der Waals surface area contributed by atoms with Gasteiger partial charge in [0, 0.05) is 13.1 Å². The van der Waals surface area contributed by atoms with Gasteiger partial charge >= 0.3 is 0 Å². The van der Waals surface area contributed by atoms with E-state index in [-0.39, 0.29) is 16.5 Å². The molecular weight excluding hydrogens is 286 g/mol. The molecule has 1 atom stereocenters. The summed E-state index contributed by atoms with van der Waals surface area (Å²) in [5.74, 6) is 0.132. The minimum Gasteiger partial charge on any atom is -0.388 e. The van der Waals surface area contributed by atoms with Crippen LogP contribution in [0.25, 0.3) is 0 Å². The molecule has 108 valence electrons. The van der Waals surface area contributed by atoms with Gasteiger partial charge in [-0.15, -0.1) is 0 Å². The summed E-state index contributed by atoms with van der Waals surface area (Å²) in [5, 5.41) is 10.6. The van der Waals surface area contributed by atoms with Gasteiger partial charge in [0.1, 0.15) is 9.90 Å². The Morgan fingerprint density at radius 2 is 2.26 bits per heavy atom. The smallest absolute Gasteiger partial charge is 0.185 e. The quantitative estimate of drug-likeness (QED) is 0.857. The summed E-state index contributed by atoms with van der Waals surface area (Å²) in [6.45, 7) is 4.58. The second-order valence-electron chi connectivity index (χ2n) is 5.19. The normalized spacial score (nSPS) is 24.1. The molecule has 3 N–H and O–H groups in total. The van der Waals surface area contributed by atoms with Crippen molar-refractivity contribution >= 4 is 32.2 Å². The Hall–Kier alpha value is -0.860. The maximum absolute atomic E-state index is 12.3. The molecule has 1 saturated heterocycles. The fraction of sp³-hybridized carbons (Fsp3) is 0.727. The Morgan fingerprint density at radius 3 is 2.79 bits per heavy atom. The summed E-state index contributed by atoms with van der Waals surface area (Å²) < 4.78 is 28.5. The van der Waals surface area contributed by atoms with Crippen LogP contribution in [0.5, 0.6) is 0 Å². The Labute approximate surface area is 117 Å². The molecule has 1 aliphatic rings. The molecule has 1 aromatic heterocycles. The zero-order valence-corrected chi connectivity index (χ0v) is 12.7. The lowest BCUT2D eigenvalue weighted by molar-refractivity contribution is 0.0839. The molecule has 6 nitrogen and oxygen atoms in total. The molecule has 0 bridgehead atoms. The van der Waals surface area contributed by atoms with Crippen molar-refractivity contribution in [1.29, 1.82) is 0 Å². The zero-order valence-electron chi connectivity index (χ0n) is 11.1. The van der Waals surface area contributed by atoms with E-state index in [0.717, 1.165) is 11.5 Å². The van der Waals surface area contributed by atoms with Gasteiger partial charge in [0.05, 0.1) is 11.4 Å². The zero-order chi connectivity index (χ0) is 14.3. The molecule has 8 heteroatoms. The molecule has 1 aromatic rings. The van der Waals surface area contributed by atoms with E-state index in [1.54, 1.807) is 6.92 Å². The van der Waals surface area contributed by atoms with E-state index >= 15 is 0 Å². The van der Waals surface area contributed by atoms with Crippen LogP contribution >= 0.6 is 11.5 Å². The summed E-state index contributed by atoms with van der Waals surface area (Å²) in [6, 6.07) is 0. The lowest BCUT2D eigenvalue weighted by Gasteiger charge is -2.20. The molecule has 0 saturated carbocycles. The first-order valence-electron chi connectivity index (χ1n) is 6.22. The molecule has 1 aliphatic heterocycles. The fourth-order valence-electron chi connectivity index (χ4n) is 2.27. The molecule has 19 heavy (non-hydrogen) atoms. The number of aliphatic hydroxyl groups is 1. The number of anilines is 2. The third-order valence-corrected chi connectivity index (χ3v) is 6.20. The molecule has 2 heterocycles. The number of hydrogen-bond donors (Lipinski definition) is 2. The van der Waals surface area contributed by atoms with E-state index < -0.39 is 15.4 Å². The van der Waals surface area contributed by atoms with E-state index in [9.17, 15) is 13.5 Å². The van der Waals surface area contributed by atoms with Gasteiger partial charge in [0.15, 0.2) is 15.7 Å². The number of nitrogen functional groups attached to an aromatic ring is 1. The van der Waals surface area contributed by atoms with Crippen LogP contribution in [0.3, 0.4) is 0 Å². The predicted octanol–water partition coefficient (Wildman–Crippen LogP) is 0.870. The third kappa shape index (κ3) is 2.85. The van der Waals surface area contributed by atoms with Crippen molar-refractivity contribution < 1.29 is 13.5 Å². The molecule has 2 rings (SSSR count). The highest BCUT2D eigenvalue weighted by Gasteiger charge is 2.36. The maximum atomic E-state index is 12.3. The summed E-state index contributed by atoms with van der Waals surface area (Å²) in [5.41, 5.74) is 4.94. The fourth-order valence-corrected chi connectivity index (χ4v) is 5.05. The summed E-state index contributed by atoms with van der Waals surface area (Å²) in [4.78, 5) is 1.99. The lowest BCUT2D eigenvalue weighted by atomic mass is 10.1. The third-order valence-electron chi connectivity index (χ3n) is 3.18. The van der Waals surface area contributed by atoms with Crippen molar-refractivity contribution in [3.8, 4) is 0 Å². The average Bonchev–Trinajstić information content (AvgIpc) is 2.81. The van der Waals surface area contributed by atoms with Gasteiger partial charge in [-0.2, -0.15) is 4.37 Å². The molecule has 0 amide bonds. The van der Waals surface area contributed by atoms with Gasteiger partial charge in [-0.25, -0.2) is 8.42 Å². The number of hydrogen-bond acceptors (Lipinski definition) is 7. The van der Waals surface area contributed by atoms with Crippen molar-refractivity contribution in [2.45, 2.75) is 37.2 Å². The van der Waals surface area contributed by atoms with Crippen LogP contribution in [0.15, 0.2) is 4.90 Å². The Morgan fingerprint density at radius 1 is 1.58 bits per heavy atom. The van der Waals surface area contributed by atoms with E-state index in [2.05, 4.69) is 4.37 Å². The van der Waals surface area contributed by atoms with Crippen molar-refractivity contribution in [2.75, 3.05) is 29.5 Å². The number of nitrogens with zero attached hydrogens (tertiary/aromatic N) is 2. The molecule has 0 aliphatic carbocycles. The predicted molar refractivity (Wildman–Crippen MR) is 76.3 cm³/mol. The Kier molecular flexibility index (Phi) is 3.76. The van der Waals surface area contributed by atoms with E-state index in [1.165, 1.54) is 0 Å². The number of aromatic nitrogens is 1. The van der Waals surface area contributed by atoms with E-state index in [1.807, 2.05) is 11.8 Å². The van der Waals surface area contributed by atoms with Crippen molar-refractivity contribution in [3.63, 3.8) is 0 Å². The highest BCUT2D eigenvalue weighted by Crippen LogP contribution is 2.38. The second-order valence-corrected chi connectivity index (χ2v) is 7.99. The van der Waals surface area contributed by atoms with Crippen LogP contribution in [0.2, 0.25) is 0 Å². The average molecular weight is 305 g/mol. The molecular formula is C11H19N3O3S2. The molecule has 1 fully saturated rings. The van der Waals surface area contributed by atoms with Crippen molar-refractivity contribution in [1.82, 2.24) is 4.37 Å². The first-order valence-corrected chi connectivity index (χ1v) is 8.64. The van der Waals surface area contributed by atoms with Crippen LogP contribution in [-0.4, -0.2) is 42.3 Å². The van der Waals surface area contributed by atoms with Crippen LogP contribution in [-0.2, 0) is 9.84 Å². The molecule has 1 unspecified atom stereocenters. The van der Waals surface area contributed by atoms with Crippen LogP contribution in [0, 0.1) is 0 Å². The minimum absolute atomic E-state index is 0.0623. The molecule has 0 aromatic carbocycles. The first-order chi connectivity index (χ1) is 8.77. The Bertz CT molecular complexity index is 566.